The fourth-order valence-electron chi connectivity index (χ4n) is 4.35. The quantitative estimate of drug-likeness (QED) is 0.374. The molecule has 1 heterocycles. The number of carbonyl (C=O) groups excluding carboxylic acids is 2. The van der Waals surface area contributed by atoms with Crippen molar-refractivity contribution in [2.75, 3.05) is 41.4 Å². The van der Waals surface area contributed by atoms with E-state index in [1.165, 1.54) is 7.11 Å². The van der Waals surface area contributed by atoms with Crippen LogP contribution in [0, 0.1) is 13.8 Å². The minimum Gasteiger partial charge on any atom is -0.507 e. The maximum absolute atomic E-state index is 13.2. The van der Waals surface area contributed by atoms with Gasteiger partial charge in [-0.2, -0.15) is 0 Å². The number of carbonyl (C=O) groups is 2. The maximum Gasteiger partial charge on any atom is 0.295 e. The molecular weight excluding hydrogens is 420 g/mol. The first-order chi connectivity index (χ1) is 15.7. The summed E-state index contributed by atoms with van der Waals surface area (Å²) in [5.74, 6) is -0.392. The van der Waals surface area contributed by atoms with Crippen LogP contribution in [0.5, 0.6) is 11.5 Å². The first-order valence-electron chi connectivity index (χ1n) is 10.9. The largest absolute Gasteiger partial charge is 0.507 e. The van der Waals surface area contributed by atoms with Gasteiger partial charge in [-0.1, -0.05) is 18.2 Å². The Morgan fingerprint density at radius 1 is 1.06 bits per heavy atom. The summed E-state index contributed by atoms with van der Waals surface area (Å²) in [5, 5.41) is 11.4. The number of amides is 1. The van der Waals surface area contributed by atoms with Crippen molar-refractivity contribution < 1.29 is 24.2 Å². The number of methoxy groups -OCH3 is 2. The second-order valence-electron chi connectivity index (χ2n) is 8.59. The van der Waals surface area contributed by atoms with Crippen LogP contribution in [0.3, 0.4) is 0 Å². The van der Waals surface area contributed by atoms with Crippen LogP contribution >= 0.6 is 0 Å². The number of nitrogens with zero attached hydrogens (tertiary/aromatic N) is 2. The molecule has 33 heavy (non-hydrogen) atoms. The minimum atomic E-state index is -0.705. The molecule has 2 aromatic rings. The topological polar surface area (TPSA) is 79.3 Å². The van der Waals surface area contributed by atoms with E-state index in [-0.39, 0.29) is 11.3 Å². The van der Waals surface area contributed by atoms with E-state index in [9.17, 15) is 14.7 Å². The van der Waals surface area contributed by atoms with Crippen molar-refractivity contribution in [2.45, 2.75) is 26.3 Å². The predicted molar refractivity (Wildman–Crippen MR) is 128 cm³/mol. The summed E-state index contributed by atoms with van der Waals surface area (Å²) in [6.45, 7) is 4.94. The molecule has 3 rings (SSSR count). The van der Waals surface area contributed by atoms with Crippen LogP contribution in [-0.2, 0) is 9.59 Å². The summed E-state index contributed by atoms with van der Waals surface area (Å²) in [6, 6.07) is 10.2. The minimum absolute atomic E-state index is 0.0679. The standard InChI is InChI=1S/C26H32N2O5/c1-16-14-17(2)25(33-6)20(15-16)23(29)21-22(18-8-10-19(32-5)11-9-18)28(26(31)24(21)30)13-7-12-27(3)4/h8-11,14-15,22,29H,7,12-13H2,1-6H3/b23-21+. The molecule has 0 spiro atoms. The monoisotopic (exact) mass is 452 g/mol. The Balaban J connectivity index is 2.18. The molecule has 1 N–H and O–H groups in total. The molecule has 1 unspecified atom stereocenters. The van der Waals surface area contributed by atoms with Gasteiger partial charge in [0.2, 0.25) is 0 Å². The lowest BCUT2D eigenvalue weighted by molar-refractivity contribution is -0.139. The van der Waals surface area contributed by atoms with Crippen molar-refractivity contribution in [1.82, 2.24) is 9.80 Å². The average molecular weight is 453 g/mol. The number of aryl methyl sites for hydroxylation is 2. The third kappa shape index (κ3) is 4.88. The molecule has 1 saturated heterocycles. The molecule has 0 bridgehead atoms. The fraction of sp³-hybridized carbons (Fsp3) is 0.385. The zero-order chi connectivity index (χ0) is 24.3. The van der Waals surface area contributed by atoms with E-state index >= 15 is 0 Å². The van der Waals surface area contributed by atoms with Gasteiger partial charge in [0.1, 0.15) is 17.3 Å². The number of hydrogen-bond acceptors (Lipinski definition) is 6. The number of rotatable bonds is 8. The highest BCUT2D eigenvalue weighted by Gasteiger charge is 2.46. The molecule has 1 aliphatic heterocycles. The van der Waals surface area contributed by atoms with E-state index in [2.05, 4.69) is 0 Å². The second kappa shape index (κ2) is 10.1. The Morgan fingerprint density at radius 2 is 1.73 bits per heavy atom. The van der Waals surface area contributed by atoms with E-state index in [0.717, 1.165) is 23.2 Å². The smallest absolute Gasteiger partial charge is 0.295 e. The summed E-state index contributed by atoms with van der Waals surface area (Å²) in [6.07, 6.45) is 0.694. The third-order valence-corrected chi connectivity index (χ3v) is 5.85. The van der Waals surface area contributed by atoms with Crippen LogP contribution in [-0.4, -0.2) is 68.0 Å². The lowest BCUT2D eigenvalue weighted by Crippen LogP contribution is -2.32. The Kier molecular flexibility index (Phi) is 7.43. The van der Waals surface area contributed by atoms with Gasteiger partial charge < -0.3 is 24.4 Å². The molecule has 1 atom stereocenters. The zero-order valence-corrected chi connectivity index (χ0v) is 20.1. The van der Waals surface area contributed by atoms with Crippen LogP contribution in [0.4, 0.5) is 0 Å². The molecule has 1 aliphatic rings. The molecule has 0 saturated carbocycles. The lowest BCUT2D eigenvalue weighted by atomic mass is 9.93. The zero-order valence-electron chi connectivity index (χ0n) is 20.1. The van der Waals surface area contributed by atoms with Crippen molar-refractivity contribution in [1.29, 1.82) is 0 Å². The number of Topliss-reactive ketones (excluding diaryl/α,β-unsaturated/α-hetero) is 1. The van der Waals surface area contributed by atoms with E-state index in [1.807, 2.05) is 51.0 Å². The highest BCUT2D eigenvalue weighted by atomic mass is 16.5. The molecule has 1 fully saturated rings. The van der Waals surface area contributed by atoms with Crippen LogP contribution in [0.25, 0.3) is 5.76 Å². The molecule has 0 radical (unpaired) electrons. The van der Waals surface area contributed by atoms with E-state index in [1.54, 1.807) is 30.2 Å². The van der Waals surface area contributed by atoms with E-state index in [0.29, 0.717) is 30.0 Å². The lowest BCUT2D eigenvalue weighted by Gasteiger charge is -2.26. The normalized spacial score (nSPS) is 17.7. The average Bonchev–Trinajstić information content (AvgIpc) is 3.03. The molecule has 0 aliphatic carbocycles. The number of aliphatic hydroxyl groups excluding tert-OH is 1. The van der Waals surface area contributed by atoms with E-state index in [4.69, 9.17) is 9.47 Å². The van der Waals surface area contributed by atoms with Crippen molar-refractivity contribution >= 4 is 17.4 Å². The van der Waals surface area contributed by atoms with Gasteiger partial charge in [0, 0.05) is 6.54 Å². The Morgan fingerprint density at radius 3 is 2.30 bits per heavy atom. The Hall–Kier alpha value is -3.32. The fourth-order valence-corrected chi connectivity index (χ4v) is 4.35. The van der Waals surface area contributed by atoms with E-state index < -0.39 is 17.7 Å². The highest BCUT2D eigenvalue weighted by Crippen LogP contribution is 2.42. The number of ether oxygens (including phenoxy) is 2. The molecule has 176 valence electrons. The number of benzene rings is 2. The molecule has 0 aromatic heterocycles. The molecule has 2 aromatic carbocycles. The third-order valence-electron chi connectivity index (χ3n) is 5.85. The maximum atomic E-state index is 13.2. The van der Waals surface area contributed by atoms with Crippen molar-refractivity contribution in [3.05, 3.63) is 64.2 Å². The molecule has 7 nitrogen and oxygen atoms in total. The Bertz CT molecular complexity index is 1070. The van der Waals surface area contributed by atoms with Gasteiger partial charge in [0.15, 0.2) is 0 Å². The predicted octanol–water partition coefficient (Wildman–Crippen LogP) is 3.69. The van der Waals surface area contributed by atoms with Crippen molar-refractivity contribution in [2.24, 2.45) is 0 Å². The summed E-state index contributed by atoms with van der Waals surface area (Å²) in [7, 11) is 7.02. The number of ketones is 1. The number of aliphatic hydroxyl groups is 1. The second-order valence-corrected chi connectivity index (χ2v) is 8.59. The van der Waals surface area contributed by atoms with Gasteiger partial charge in [-0.15, -0.1) is 0 Å². The van der Waals surface area contributed by atoms with Crippen LogP contribution in [0.1, 0.15) is 34.7 Å². The van der Waals surface area contributed by atoms with Gasteiger partial charge in [0.25, 0.3) is 11.7 Å². The van der Waals surface area contributed by atoms with Crippen molar-refractivity contribution in [3.8, 4) is 11.5 Å². The van der Waals surface area contributed by atoms with Gasteiger partial charge in [-0.05, 0) is 75.8 Å². The summed E-state index contributed by atoms with van der Waals surface area (Å²) >= 11 is 0. The number of hydrogen-bond donors (Lipinski definition) is 1. The van der Waals surface area contributed by atoms with Crippen LogP contribution in [0.15, 0.2) is 42.0 Å². The first kappa shape index (κ1) is 24.3. The first-order valence-corrected chi connectivity index (χ1v) is 10.9. The summed E-state index contributed by atoms with van der Waals surface area (Å²) < 4.78 is 10.8. The molecule has 7 heteroatoms. The Labute approximate surface area is 195 Å². The van der Waals surface area contributed by atoms with Crippen LogP contribution < -0.4 is 9.47 Å². The highest BCUT2D eigenvalue weighted by molar-refractivity contribution is 6.46. The van der Waals surface area contributed by atoms with Gasteiger partial charge in [0.05, 0.1) is 31.4 Å². The summed E-state index contributed by atoms with van der Waals surface area (Å²) in [4.78, 5) is 29.9. The van der Waals surface area contributed by atoms with Crippen LogP contribution in [0.2, 0.25) is 0 Å². The summed E-state index contributed by atoms with van der Waals surface area (Å²) in [5.41, 5.74) is 2.94. The van der Waals surface area contributed by atoms with Crippen molar-refractivity contribution in [3.63, 3.8) is 0 Å². The molecular formula is C26H32N2O5. The number of likely N-dealkylation sites (tertiary alicyclic amines) is 1. The van der Waals surface area contributed by atoms with Gasteiger partial charge in [-0.3, -0.25) is 9.59 Å². The van der Waals surface area contributed by atoms with Gasteiger partial charge in [-0.25, -0.2) is 0 Å². The SMILES string of the molecule is COc1ccc(C2/C(=C(\O)c3cc(C)cc(C)c3OC)C(=O)C(=O)N2CCCN(C)C)cc1. The molecule has 1 amide bonds. The van der Waals surface area contributed by atoms with Gasteiger partial charge >= 0.3 is 0 Å².